The second kappa shape index (κ2) is 7.26. The number of ether oxygens (including phenoxy) is 1. The normalized spacial score (nSPS) is 17.2. The second-order valence-electron chi connectivity index (χ2n) is 6.83. The summed E-state index contributed by atoms with van der Waals surface area (Å²) in [5.74, 6) is -0.0625. The van der Waals surface area contributed by atoms with Gasteiger partial charge in [0.15, 0.2) is 0 Å². The largest absolute Gasteiger partial charge is 0.379 e. The van der Waals surface area contributed by atoms with E-state index in [0.717, 1.165) is 41.6 Å². The molecule has 4 heteroatoms. The van der Waals surface area contributed by atoms with E-state index >= 15 is 0 Å². The Morgan fingerprint density at radius 3 is 2.73 bits per heavy atom. The predicted octanol–water partition coefficient (Wildman–Crippen LogP) is 4.12. The van der Waals surface area contributed by atoms with Gasteiger partial charge >= 0.3 is 0 Å². The van der Waals surface area contributed by atoms with E-state index in [9.17, 15) is 4.79 Å². The summed E-state index contributed by atoms with van der Waals surface area (Å²) < 4.78 is 5.48. The van der Waals surface area contributed by atoms with E-state index in [1.807, 2.05) is 42.5 Å². The molecule has 26 heavy (non-hydrogen) atoms. The van der Waals surface area contributed by atoms with Crippen LogP contribution in [0.2, 0.25) is 0 Å². The van der Waals surface area contributed by atoms with Crippen LogP contribution in [-0.4, -0.2) is 30.1 Å². The Labute approximate surface area is 153 Å². The number of aromatic nitrogens is 1. The van der Waals surface area contributed by atoms with E-state index in [1.54, 1.807) is 0 Å². The molecule has 0 aliphatic carbocycles. The molecule has 1 aliphatic rings. The lowest BCUT2D eigenvalue weighted by molar-refractivity contribution is 0.0625. The van der Waals surface area contributed by atoms with Gasteiger partial charge in [-0.2, -0.15) is 0 Å². The number of amides is 1. The quantitative estimate of drug-likeness (QED) is 0.776. The van der Waals surface area contributed by atoms with E-state index in [2.05, 4.69) is 24.4 Å². The molecule has 4 rings (SSSR count). The highest BCUT2D eigenvalue weighted by atomic mass is 16.5. The zero-order valence-electron chi connectivity index (χ0n) is 14.9. The van der Waals surface area contributed by atoms with E-state index in [4.69, 9.17) is 9.72 Å². The molecule has 132 valence electrons. The SMILES string of the molecule is Cc1ccc(-c2cc(C(=O)NC3CCCOC3)c3ccccc3n2)cc1. The molecule has 3 aromatic rings. The number of carbonyl (C=O) groups is 1. The molecule has 1 aromatic heterocycles. The number of aryl methyl sites for hydroxylation is 1. The van der Waals surface area contributed by atoms with Gasteiger partial charge in [0.1, 0.15) is 0 Å². The van der Waals surface area contributed by atoms with E-state index < -0.39 is 0 Å². The van der Waals surface area contributed by atoms with Gasteiger partial charge in [-0.3, -0.25) is 4.79 Å². The summed E-state index contributed by atoms with van der Waals surface area (Å²) in [6, 6.07) is 18.0. The number of benzene rings is 2. The lowest BCUT2D eigenvalue weighted by Gasteiger charge is -2.23. The third-order valence-corrected chi connectivity index (χ3v) is 4.80. The van der Waals surface area contributed by atoms with E-state index in [0.29, 0.717) is 12.2 Å². The van der Waals surface area contributed by atoms with Crippen molar-refractivity contribution in [2.24, 2.45) is 0 Å². The molecule has 1 unspecified atom stereocenters. The molecule has 1 aliphatic heterocycles. The number of nitrogens with zero attached hydrogens (tertiary/aromatic N) is 1. The summed E-state index contributed by atoms with van der Waals surface area (Å²) in [5.41, 5.74) is 4.52. The Hall–Kier alpha value is -2.72. The van der Waals surface area contributed by atoms with Gasteiger partial charge in [-0.05, 0) is 31.9 Å². The minimum absolute atomic E-state index is 0.0625. The molecular formula is C22H22N2O2. The standard InChI is InChI=1S/C22H22N2O2/c1-15-8-10-16(11-9-15)21-13-19(18-6-2-3-7-20(18)24-21)22(25)23-17-5-4-12-26-14-17/h2-3,6-11,13,17H,4-5,12,14H2,1H3,(H,23,25). The van der Waals surface area contributed by atoms with Crippen LogP contribution >= 0.6 is 0 Å². The Morgan fingerprint density at radius 2 is 1.96 bits per heavy atom. The fourth-order valence-corrected chi connectivity index (χ4v) is 3.35. The molecule has 0 bridgehead atoms. The summed E-state index contributed by atoms with van der Waals surface area (Å²) in [6.45, 7) is 3.42. The summed E-state index contributed by atoms with van der Waals surface area (Å²) in [4.78, 5) is 17.7. The molecule has 1 fully saturated rings. The van der Waals surface area contributed by atoms with Crippen molar-refractivity contribution in [2.45, 2.75) is 25.8 Å². The third-order valence-electron chi connectivity index (χ3n) is 4.80. The Bertz CT molecular complexity index is 929. The molecule has 2 aromatic carbocycles. The molecule has 2 heterocycles. The van der Waals surface area contributed by atoms with Gasteiger partial charge in [-0.25, -0.2) is 4.98 Å². The fourth-order valence-electron chi connectivity index (χ4n) is 3.35. The molecule has 4 nitrogen and oxygen atoms in total. The van der Waals surface area contributed by atoms with Crippen LogP contribution < -0.4 is 5.32 Å². The molecule has 0 spiro atoms. The topological polar surface area (TPSA) is 51.2 Å². The van der Waals surface area contributed by atoms with Crippen LogP contribution in [0.3, 0.4) is 0 Å². The van der Waals surface area contributed by atoms with Crippen molar-refractivity contribution in [1.29, 1.82) is 0 Å². The molecule has 1 atom stereocenters. The second-order valence-corrected chi connectivity index (χ2v) is 6.83. The highest BCUT2D eigenvalue weighted by Gasteiger charge is 2.19. The first-order chi connectivity index (χ1) is 12.7. The van der Waals surface area contributed by atoms with Crippen molar-refractivity contribution in [1.82, 2.24) is 10.3 Å². The maximum Gasteiger partial charge on any atom is 0.252 e. The Morgan fingerprint density at radius 1 is 1.15 bits per heavy atom. The van der Waals surface area contributed by atoms with Crippen LogP contribution in [0.4, 0.5) is 0 Å². The monoisotopic (exact) mass is 346 g/mol. The smallest absolute Gasteiger partial charge is 0.252 e. The van der Waals surface area contributed by atoms with Crippen molar-refractivity contribution in [2.75, 3.05) is 13.2 Å². The molecule has 0 radical (unpaired) electrons. The number of rotatable bonds is 3. The van der Waals surface area contributed by atoms with Crippen molar-refractivity contribution >= 4 is 16.8 Å². The summed E-state index contributed by atoms with van der Waals surface area (Å²) >= 11 is 0. The fraction of sp³-hybridized carbons (Fsp3) is 0.273. The van der Waals surface area contributed by atoms with Crippen molar-refractivity contribution < 1.29 is 9.53 Å². The van der Waals surface area contributed by atoms with E-state index in [1.165, 1.54) is 5.56 Å². The van der Waals surface area contributed by atoms with Crippen molar-refractivity contribution in [3.05, 3.63) is 65.7 Å². The van der Waals surface area contributed by atoms with Gasteiger partial charge in [0.05, 0.1) is 29.4 Å². The lowest BCUT2D eigenvalue weighted by Crippen LogP contribution is -2.40. The van der Waals surface area contributed by atoms with Gasteiger partial charge in [0, 0.05) is 17.6 Å². The predicted molar refractivity (Wildman–Crippen MR) is 103 cm³/mol. The minimum Gasteiger partial charge on any atom is -0.379 e. The third kappa shape index (κ3) is 3.46. The summed E-state index contributed by atoms with van der Waals surface area (Å²) in [6.07, 6.45) is 1.94. The van der Waals surface area contributed by atoms with Crippen LogP contribution in [0.1, 0.15) is 28.8 Å². The van der Waals surface area contributed by atoms with Gasteiger partial charge in [-0.15, -0.1) is 0 Å². The Balaban J connectivity index is 1.74. The number of fused-ring (bicyclic) bond motifs is 1. The van der Waals surface area contributed by atoms with Gasteiger partial charge in [0.2, 0.25) is 0 Å². The van der Waals surface area contributed by atoms with Gasteiger partial charge in [0.25, 0.3) is 5.91 Å². The van der Waals surface area contributed by atoms with Crippen LogP contribution in [0.15, 0.2) is 54.6 Å². The molecule has 1 N–H and O–H groups in total. The number of hydrogen-bond acceptors (Lipinski definition) is 3. The summed E-state index contributed by atoms with van der Waals surface area (Å²) in [5, 5.41) is 4.00. The molecule has 1 saturated heterocycles. The average molecular weight is 346 g/mol. The number of pyridine rings is 1. The number of carbonyl (C=O) groups excluding carboxylic acids is 1. The number of nitrogens with one attached hydrogen (secondary N) is 1. The highest BCUT2D eigenvalue weighted by Crippen LogP contribution is 2.25. The molecule has 0 saturated carbocycles. The van der Waals surface area contributed by atoms with Crippen molar-refractivity contribution in [3.8, 4) is 11.3 Å². The van der Waals surface area contributed by atoms with Crippen LogP contribution in [-0.2, 0) is 4.74 Å². The first-order valence-electron chi connectivity index (χ1n) is 9.06. The lowest BCUT2D eigenvalue weighted by atomic mass is 10.0. The first kappa shape index (κ1) is 16.7. The number of para-hydroxylation sites is 1. The highest BCUT2D eigenvalue weighted by molar-refractivity contribution is 6.07. The van der Waals surface area contributed by atoms with Gasteiger partial charge < -0.3 is 10.1 Å². The number of hydrogen-bond donors (Lipinski definition) is 1. The van der Waals surface area contributed by atoms with Crippen LogP contribution in [0.25, 0.3) is 22.2 Å². The van der Waals surface area contributed by atoms with Crippen molar-refractivity contribution in [3.63, 3.8) is 0 Å². The average Bonchev–Trinajstić information content (AvgIpc) is 2.68. The Kier molecular flexibility index (Phi) is 4.67. The maximum absolute atomic E-state index is 13.0. The van der Waals surface area contributed by atoms with Gasteiger partial charge in [-0.1, -0.05) is 48.0 Å². The molecular weight excluding hydrogens is 324 g/mol. The zero-order chi connectivity index (χ0) is 17.9. The molecule has 1 amide bonds. The maximum atomic E-state index is 13.0. The zero-order valence-corrected chi connectivity index (χ0v) is 14.9. The summed E-state index contributed by atoms with van der Waals surface area (Å²) in [7, 11) is 0. The first-order valence-corrected chi connectivity index (χ1v) is 9.06. The van der Waals surface area contributed by atoms with Crippen LogP contribution in [0, 0.1) is 6.92 Å². The van der Waals surface area contributed by atoms with Crippen LogP contribution in [0.5, 0.6) is 0 Å². The minimum atomic E-state index is -0.0625. The van der Waals surface area contributed by atoms with E-state index in [-0.39, 0.29) is 11.9 Å².